The normalized spacial score (nSPS) is 10.7. The van der Waals surface area contributed by atoms with Gasteiger partial charge in [0.15, 0.2) is 0 Å². The zero-order valence-corrected chi connectivity index (χ0v) is 11.6. The fourth-order valence-corrected chi connectivity index (χ4v) is 2.85. The number of carboxylic acids is 1. The molecule has 0 spiro atoms. The molecule has 1 aromatic carbocycles. The van der Waals surface area contributed by atoms with E-state index in [0.717, 1.165) is 23.3 Å². The molecule has 1 N–H and O–H groups in total. The van der Waals surface area contributed by atoms with Crippen molar-refractivity contribution in [3.05, 3.63) is 40.2 Å². The van der Waals surface area contributed by atoms with E-state index < -0.39 is 5.97 Å². The first-order valence-electron chi connectivity index (χ1n) is 6.01. The number of aryl methyl sites for hydroxylation is 2. The van der Waals surface area contributed by atoms with Gasteiger partial charge in [0.1, 0.15) is 15.7 Å². The monoisotopic (exact) mass is 279 g/mol. The second kappa shape index (κ2) is 5.48. The Labute approximate surface area is 114 Å². The van der Waals surface area contributed by atoms with Crippen molar-refractivity contribution >= 4 is 17.3 Å². The molecule has 2 aromatic rings. The molecule has 0 aliphatic rings. The SMILES string of the molecule is CCCc1nc(-c2cc(C)cc(F)c2)sc1C(=O)O. The molecular formula is C14H14FNO2S. The summed E-state index contributed by atoms with van der Waals surface area (Å²) in [6.07, 6.45) is 1.44. The van der Waals surface area contributed by atoms with E-state index in [0.29, 0.717) is 22.7 Å². The van der Waals surface area contributed by atoms with Crippen LogP contribution in [0.2, 0.25) is 0 Å². The number of carbonyl (C=O) groups is 1. The van der Waals surface area contributed by atoms with Gasteiger partial charge in [0, 0.05) is 5.56 Å². The summed E-state index contributed by atoms with van der Waals surface area (Å²) in [6.45, 7) is 3.77. The molecule has 0 unspecified atom stereocenters. The van der Waals surface area contributed by atoms with Gasteiger partial charge < -0.3 is 5.11 Å². The van der Waals surface area contributed by atoms with Crippen molar-refractivity contribution in [1.29, 1.82) is 0 Å². The highest BCUT2D eigenvalue weighted by Crippen LogP contribution is 2.30. The molecule has 1 aromatic heterocycles. The van der Waals surface area contributed by atoms with E-state index in [2.05, 4.69) is 4.98 Å². The van der Waals surface area contributed by atoms with Gasteiger partial charge in [-0.2, -0.15) is 0 Å². The Bertz CT molecular complexity index is 602. The summed E-state index contributed by atoms with van der Waals surface area (Å²) in [7, 11) is 0. The van der Waals surface area contributed by atoms with Crippen LogP contribution in [0.3, 0.4) is 0 Å². The lowest BCUT2D eigenvalue weighted by atomic mass is 10.1. The van der Waals surface area contributed by atoms with Crippen molar-refractivity contribution in [2.45, 2.75) is 26.7 Å². The molecule has 0 saturated heterocycles. The Balaban J connectivity index is 2.50. The van der Waals surface area contributed by atoms with Crippen molar-refractivity contribution in [2.75, 3.05) is 0 Å². The minimum absolute atomic E-state index is 0.249. The van der Waals surface area contributed by atoms with Gasteiger partial charge in [0.05, 0.1) is 5.69 Å². The summed E-state index contributed by atoms with van der Waals surface area (Å²) in [4.78, 5) is 15.8. The summed E-state index contributed by atoms with van der Waals surface area (Å²) in [5.41, 5.74) is 2.00. The number of aromatic carboxylic acids is 1. The second-order valence-corrected chi connectivity index (χ2v) is 5.37. The minimum Gasteiger partial charge on any atom is -0.477 e. The fraction of sp³-hybridized carbons (Fsp3) is 0.286. The molecule has 0 aliphatic heterocycles. The lowest BCUT2D eigenvalue weighted by Crippen LogP contribution is -1.98. The van der Waals surface area contributed by atoms with Crippen LogP contribution in [-0.2, 0) is 6.42 Å². The number of nitrogens with zero attached hydrogens (tertiary/aromatic N) is 1. The molecule has 2 rings (SSSR count). The molecule has 3 nitrogen and oxygen atoms in total. The van der Waals surface area contributed by atoms with E-state index in [-0.39, 0.29) is 10.7 Å². The first-order chi connectivity index (χ1) is 9.01. The Hall–Kier alpha value is -1.75. The van der Waals surface area contributed by atoms with E-state index >= 15 is 0 Å². The molecule has 0 bridgehead atoms. The van der Waals surface area contributed by atoms with Gasteiger partial charge in [-0.3, -0.25) is 0 Å². The molecule has 5 heteroatoms. The van der Waals surface area contributed by atoms with E-state index in [1.807, 2.05) is 13.0 Å². The van der Waals surface area contributed by atoms with Crippen LogP contribution in [0, 0.1) is 12.7 Å². The highest BCUT2D eigenvalue weighted by molar-refractivity contribution is 7.17. The molecule has 100 valence electrons. The number of carboxylic acid groups (broad SMARTS) is 1. The average molecular weight is 279 g/mol. The topological polar surface area (TPSA) is 50.2 Å². The van der Waals surface area contributed by atoms with E-state index in [1.165, 1.54) is 12.1 Å². The largest absolute Gasteiger partial charge is 0.477 e. The predicted octanol–water partition coefficient (Wildman–Crippen LogP) is 3.91. The first-order valence-corrected chi connectivity index (χ1v) is 6.83. The number of aromatic nitrogens is 1. The maximum absolute atomic E-state index is 13.4. The molecule has 0 saturated carbocycles. The summed E-state index contributed by atoms with van der Waals surface area (Å²) in [6, 6.07) is 4.62. The van der Waals surface area contributed by atoms with Crippen LogP contribution in [0.1, 0.15) is 34.3 Å². The average Bonchev–Trinajstić information content (AvgIpc) is 2.72. The number of thiazole rings is 1. The highest BCUT2D eigenvalue weighted by atomic mass is 32.1. The first kappa shape index (κ1) is 13.7. The quantitative estimate of drug-likeness (QED) is 0.923. The number of hydrogen-bond donors (Lipinski definition) is 1. The van der Waals surface area contributed by atoms with Gasteiger partial charge in [0.2, 0.25) is 0 Å². The van der Waals surface area contributed by atoms with Gasteiger partial charge in [0.25, 0.3) is 0 Å². The smallest absolute Gasteiger partial charge is 0.347 e. The zero-order valence-electron chi connectivity index (χ0n) is 10.7. The summed E-state index contributed by atoms with van der Waals surface area (Å²) in [5, 5.41) is 9.72. The standard InChI is InChI=1S/C14H14FNO2S/c1-3-4-11-12(14(17)18)19-13(16-11)9-5-8(2)6-10(15)7-9/h5-7H,3-4H2,1-2H3,(H,17,18). The van der Waals surface area contributed by atoms with E-state index in [1.54, 1.807) is 6.92 Å². The van der Waals surface area contributed by atoms with Crippen LogP contribution in [0.25, 0.3) is 10.6 Å². The van der Waals surface area contributed by atoms with Crippen molar-refractivity contribution in [3.63, 3.8) is 0 Å². The minimum atomic E-state index is -0.972. The Kier molecular flexibility index (Phi) is 3.95. The van der Waals surface area contributed by atoms with Gasteiger partial charge in [-0.05, 0) is 37.1 Å². The maximum atomic E-state index is 13.4. The van der Waals surface area contributed by atoms with Gasteiger partial charge in [-0.1, -0.05) is 13.3 Å². The predicted molar refractivity (Wildman–Crippen MR) is 73.2 cm³/mol. The Morgan fingerprint density at radius 1 is 1.42 bits per heavy atom. The summed E-state index contributed by atoms with van der Waals surface area (Å²) in [5.74, 6) is -1.31. The van der Waals surface area contributed by atoms with Crippen LogP contribution in [-0.4, -0.2) is 16.1 Å². The van der Waals surface area contributed by atoms with Crippen LogP contribution in [0.5, 0.6) is 0 Å². The number of benzene rings is 1. The third-order valence-corrected chi connectivity index (χ3v) is 3.80. The van der Waals surface area contributed by atoms with E-state index in [4.69, 9.17) is 5.11 Å². The van der Waals surface area contributed by atoms with Gasteiger partial charge in [-0.15, -0.1) is 11.3 Å². The lowest BCUT2D eigenvalue weighted by Gasteiger charge is -1.99. The molecule has 0 radical (unpaired) electrons. The van der Waals surface area contributed by atoms with Crippen LogP contribution >= 0.6 is 11.3 Å². The molecule has 0 atom stereocenters. The maximum Gasteiger partial charge on any atom is 0.347 e. The van der Waals surface area contributed by atoms with Crippen molar-refractivity contribution in [3.8, 4) is 10.6 Å². The molecule has 19 heavy (non-hydrogen) atoms. The van der Waals surface area contributed by atoms with Crippen LogP contribution in [0.4, 0.5) is 4.39 Å². The third kappa shape index (κ3) is 2.98. The molecule has 0 aliphatic carbocycles. The Morgan fingerprint density at radius 2 is 2.16 bits per heavy atom. The van der Waals surface area contributed by atoms with Crippen LogP contribution < -0.4 is 0 Å². The third-order valence-electron chi connectivity index (χ3n) is 2.67. The van der Waals surface area contributed by atoms with E-state index in [9.17, 15) is 9.18 Å². The molecule has 0 amide bonds. The summed E-state index contributed by atoms with van der Waals surface area (Å²) >= 11 is 1.10. The number of hydrogen-bond acceptors (Lipinski definition) is 3. The number of rotatable bonds is 4. The summed E-state index contributed by atoms with van der Waals surface area (Å²) < 4.78 is 13.4. The van der Waals surface area contributed by atoms with Crippen molar-refractivity contribution in [1.82, 2.24) is 4.98 Å². The molecule has 1 heterocycles. The van der Waals surface area contributed by atoms with Gasteiger partial charge in [-0.25, -0.2) is 14.2 Å². The number of halogens is 1. The second-order valence-electron chi connectivity index (χ2n) is 4.37. The Morgan fingerprint density at radius 3 is 2.74 bits per heavy atom. The molecule has 0 fully saturated rings. The molecular weight excluding hydrogens is 265 g/mol. The van der Waals surface area contributed by atoms with Gasteiger partial charge >= 0.3 is 5.97 Å². The highest BCUT2D eigenvalue weighted by Gasteiger charge is 2.17. The van der Waals surface area contributed by atoms with Crippen LogP contribution in [0.15, 0.2) is 18.2 Å². The zero-order chi connectivity index (χ0) is 14.0. The lowest BCUT2D eigenvalue weighted by molar-refractivity contribution is 0.0700. The fourth-order valence-electron chi connectivity index (χ4n) is 1.91. The van der Waals surface area contributed by atoms with Crippen molar-refractivity contribution in [2.24, 2.45) is 0 Å². The van der Waals surface area contributed by atoms with Crippen molar-refractivity contribution < 1.29 is 14.3 Å².